The van der Waals surface area contributed by atoms with Crippen LogP contribution in [0.5, 0.6) is 5.75 Å². The fraction of sp³-hybridized carbons (Fsp3) is 0.211. The lowest BCUT2D eigenvalue weighted by molar-refractivity contribution is -0.121. The van der Waals surface area contributed by atoms with Crippen molar-refractivity contribution in [1.29, 1.82) is 0 Å². The summed E-state index contributed by atoms with van der Waals surface area (Å²) in [6.45, 7) is 1.73. The molecule has 0 saturated carbocycles. The summed E-state index contributed by atoms with van der Waals surface area (Å²) in [6.07, 6.45) is 0.00159. The minimum absolute atomic E-state index is 0.00159. The van der Waals surface area contributed by atoms with Crippen molar-refractivity contribution in [1.82, 2.24) is 0 Å². The van der Waals surface area contributed by atoms with Crippen LogP contribution in [0.1, 0.15) is 22.3 Å². The zero-order valence-electron chi connectivity index (χ0n) is 14.4. The molecule has 2 aromatic rings. The second-order valence-corrected chi connectivity index (χ2v) is 6.00. The molecule has 2 aromatic carbocycles. The molecule has 1 saturated heterocycles. The maximum Gasteiger partial charge on any atom is 0.335 e. The summed E-state index contributed by atoms with van der Waals surface area (Å²) < 4.78 is 5.09. The first kappa shape index (κ1) is 17.5. The molecule has 3 rings (SSSR count). The largest absolute Gasteiger partial charge is 0.497 e. The average molecular weight is 354 g/mol. The summed E-state index contributed by atoms with van der Waals surface area (Å²) in [4.78, 5) is 37.4. The number of hydrogen-bond donors (Lipinski definition) is 2. The van der Waals surface area contributed by atoms with Crippen LogP contribution in [-0.4, -0.2) is 36.0 Å². The normalized spacial score (nSPS) is 16.7. The van der Waals surface area contributed by atoms with Gasteiger partial charge in [0.25, 0.3) is 5.91 Å². The smallest absolute Gasteiger partial charge is 0.335 e. The van der Waals surface area contributed by atoms with E-state index in [4.69, 9.17) is 9.84 Å². The first-order chi connectivity index (χ1) is 12.4. The summed E-state index contributed by atoms with van der Waals surface area (Å²) in [5.74, 6) is -1.20. The highest BCUT2D eigenvalue weighted by molar-refractivity contribution is 6.23. The number of aromatic carboxylic acids is 1. The Balaban J connectivity index is 1.85. The van der Waals surface area contributed by atoms with Gasteiger partial charge < -0.3 is 15.2 Å². The van der Waals surface area contributed by atoms with Gasteiger partial charge in [0, 0.05) is 5.69 Å². The Labute approximate surface area is 150 Å². The maximum atomic E-state index is 12.7. The molecule has 0 spiro atoms. The van der Waals surface area contributed by atoms with Crippen LogP contribution >= 0.6 is 0 Å². The molecular formula is C19H18N2O5. The zero-order valence-corrected chi connectivity index (χ0v) is 14.4. The van der Waals surface area contributed by atoms with E-state index in [2.05, 4.69) is 5.32 Å². The van der Waals surface area contributed by atoms with Crippen LogP contribution in [-0.2, 0) is 9.59 Å². The predicted octanol–water partition coefficient (Wildman–Crippen LogP) is 2.45. The molecule has 2 amide bonds. The standard InChI is InChI=1S/C19H18N2O5/c1-11-3-4-12(19(24)25)9-16(11)21-17(22)10-15(18(21)23)20-13-5-7-14(26-2)8-6-13/h3-9,15,20H,10H2,1-2H3,(H,24,25). The number of anilines is 2. The van der Waals surface area contributed by atoms with Gasteiger partial charge in [-0.1, -0.05) is 6.07 Å². The van der Waals surface area contributed by atoms with Gasteiger partial charge in [0.05, 0.1) is 24.8 Å². The van der Waals surface area contributed by atoms with Crippen LogP contribution in [0.4, 0.5) is 11.4 Å². The van der Waals surface area contributed by atoms with Crippen molar-refractivity contribution in [2.24, 2.45) is 0 Å². The number of carbonyl (C=O) groups excluding carboxylic acids is 2. The van der Waals surface area contributed by atoms with E-state index < -0.39 is 17.9 Å². The van der Waals surface area contributed by atoms with E-state index in [1.807, 2.05) is 0 Å². The van der Waals surface area contributed by atoms with Gasteiger partial charge in [-0.15, -0.1) is 0 Å². The minimum atomic E-state index is -1.11. The number of aryl methyl sites for hydroxylation is 1. The first-order valence-corrected chi connectivity index (χ1v) is 8.02. The molecule has 1 atom stereocenters. The molecule has 1 unspecified atom stereocenters. The molecule has 1 aliphatic rings. The number of amides is 2. The van der Waals surface area contributed by atoms with E-state index in [1.54, 1.807) is 44.4 Å². The van der Waals surface area contributed by atoms with Crippen LogP contribution in [0.3, 0.4) is 0 Å². The van der Waals surface area contributed by atoms with Gasteiger partial charge >= 0.3 is 5.97 Å². The summed E-state index contributed by atoms with van der Waals surface area (Å²) in [5.41, 5.74) is 1.67. The van der Waals surface area contributed by atoms with Gasteiger partial charge in [-0.05, 0) is 48.9 Å². The van der Waals surface area contributed by atoms with E-state index in [9.17, 15) is 14.4 Å². The minimum Gasteiger partial charge on any atom is -0.497 e. The summed E-state index contributed by atoms with van der Waals surface area (Å²) >= 11 is 0. The third-order valence-electron chi connectivity index (χ3n) is 4.27. The van der Waals surface area contributed by atoms with Crippen LogP contribution in [0.2, 0.25) is 0 Å². The van der Waals surface area contributed by atoms with Crippen molar-refractivity contribution >= 4 is 29.2 Å². The van der Waals surface area contributed by atoms with Crippen LogP contribution in [0.15, 0.2) is 42.5 Å². The molecule has 7 nitrogen and oxygen atoms in total. The van der Waals surface area contributed by atoms with E-state index in [1.165, 1.54) is 12.1 Å². The van der Waals surface area contributed by atoms with Gasteiger partial charge in [0.1, 0.15) is 11.8 Å². The van der Waals surface area contributed by atoms with E-state index in [0.717, 1.165) is 4.90 Å². The lowest BCUT2D eigenvalue weighted by atomic mass is 10.1. The lowest BCUT2D eigenvalue weighted by Gasteiger charge is -2.18. The SMILES string of the molecule is COc1ccc(NC2CC(=O)N(c3cc(C(=O)O)ccc3C)C2=O)cc1. The van der Waals surface area contributed by atoms with Crippen LogP contribution < -0.4 is 15.0 Å². The third-order valence-corrected chi connectivity index (χ3v) is 4.27. The van der Waals surface area contributed by atoms with Crippen molar-refractivity contribution in [3.63, 3.8) is 0 Å². The van der Waals surface area contributed by atoms with Crippen LogP contribution in [0.25, 0.3) is 0 Å². The predicted molar refractivity (Wildman–Crippen MR) is 95.7 cm³/mol. The number of nitrogens with zero attached hydrogens (tertiary/aromatic N) is 1. The molecule has 2 N–H and O–H groups in total. The number of benzene rings is 2. The van der Waals surface area contributed by atoms with Crippen molar-refractivity contribution in [2.75, 3.05) is 17.3 Å². The number of imide groups is 1. The van der Waals surface area contributed by atoms with Crippen molar-refractivity contribution in [3.05, 3.63) is 53.6 Å². The fourth-order valence-electron chi connectivity index (χ4n) is 2.87. The van der Waals surface area contributed by atoms with Gasteiger partial charge in [-0.3, -0.25) is 9.59 Å². The summed E-state index contributed by atoms with van der Waals surface area (Å²) in [5, 5.41) is 12.2. The molecule has 1 heterocycles. The van der Waals surface area contributed by atoms with Crippen molar-refractivity contribution in [3.8, 4) is 5.75 Å². The highest BCUT2D eigenvalue weighted by Crippen LogP contribution is 2.29. The number of nitrogens with one attached hydrogen (secondary N) is 1. The second-order valence-electron chi connectivity index (χ2n) is 6.00. The fourth-order valence-corrected chi connectivity index (χ4v) is 2.87. The van der Waals surface area contributed by atoms with E-state index >= 15 is 0 Å². The second kappa shape index (κ2) is 6.87. The average Bonchev–Trinajstić information content (AvgIpc) is 2.89. The Hall–Kier alpha value is -3.35. The Morgan fingerprint density at radius 1 is 1.19 bits per heavy atom. The first-order valence-electron chi connectivity index (χ1n) is 8.02. The maximum absolute atomic E-state index is 12.7. The molecule has 7 heteroatoms. The molecule has 134 valence electrons. The molecule has 0 aliphatic carbocycles. The molecule has 0 radical (unpaired) electrons. The monoisotopic (exact) mass is 354 g/mol. The van der Waals surface area contributed by atoms with Crippen molar-refractivity contribution < 1.29 is 24.2 Å². The molecule has 0 bridgehead atoms. The lowest BCUT2D eigenvalue weighted by Crippen LogP contribution is -2.35. The van der Waals surface area contributed by atoms with Gasteiger partial charge in [-0.25, -0.2) is 9.69 Å². The number of carbonyl (C=O) groups is 3. The Kier molecular flexibility index (Phi) is 4.62. The molecule has 1 fully saturated rings. The number of ether oxygens (including phenoxy) is 1. The zero-order chi connectivity index (χ0) is 18.8. The van der Waals surface area contributed by atoms with Crippen molar-refractivity contribution in [2.45, 2.75) is 19.4 Å². The molecule has 26 heavy (non-hydrogen) atoms. The molecule has 0 aromatic heterocycles. The molecule has 1 aliphatic heterocycles. The van der Waals surface area contributed by atoms with Gasteiger partial charge in [0.2, 0.25) is 5.91 Å². The third kappa shape index (κ3) is 3.23. The molecular weight excluding hydrogens is 336 g/mol. The number of carboxylic acids is 1. The Bertz CT molecular complexity index is 876. The van der Waals surface area contributed by atoms with Gasteiger partial charge in [0.15, 0.2) is 0 Å². The Morgan fingerprint density at radius 2 is 1.88 bits per heavy atom. The highest BCUT2D eigenvalue weighted by Gasteiger charge is 2.40. The Morgan fingerprint density at radius 3 is 2.50 bits per heavy atom. The highest BCUT2D eigenvalue weighted by atomic mass is 16.5. The number of rotatable bonds is 5. The van der Waals surface area contributed by atoms with Gasteiger partial charge in [-0.2, -0.15) is 0 Å². The summed E-state index contributed by atoms with van der Waals surface area (Å²) in [7, 11) is 1.56. The van der Waals surface area contributed by atoms with E-state index in [0.29, 0.717) is 22.7 Å². The number of carboxylic acid groups (broad SMARTS) is 1. The number of methoxy groups -OCH3 is 1. The number of hydrogen-bond acceptors (Lipinski definition) is 5. The quantitative estimate of drug-likeness (QED) is 0.801. The van der Waals surface area contributed by atoms with Crippen LogP contribution in [0, 0.1) is 6.92 Å². The summed E-state index contributed by atoms with van der Waals surface area (Å²) in [6, 6.07) is 10.7. The topological polar surface area (TPSA) is 95.9 Å². The van der Waals surface area contributed by atoms with E-state index in [-0.39, 0.29) is 17.9 Å².